The third kappa shape index (κ3) is 4.25. The molecule has 3 rings (SSSR count). The van der Waals surface area contributed by atoms with Crippen molar-refractivity contribution in [1.29, 1.82) is 0 Å². The van der Waals surface area contributed by atoms with Crippen LogP contribution in [0.4, 0.5) is 11.4 Å². The van der Waals surface area contributed by atoms with Gasteiger partial charge in [0.25, 0.3) is 5.91 Å². The fraction of sp³-hybridized carbons (Fsp3) is 0.300. The Hall–Kier alpha value is -2.66. The van der Waals surface area contributed by atoms with Gasteiger partial charge in [0.2, 0.25) is 5.91 Å². The maximum Gasteiger partial charge on any atom is 0.255 e. The second-order valence-electron chi connectivity index (χ2n) is 6.61. The van der Waals surface area contributed by atoms with Crippen LogP contribution in [0, 0.1) is 12.8 Å². The maximum atomic E-state index is 12.4. The van der Waals surface area contributed by atoms with E-state index in [0.29, 0.717) is 11.3 Å². The van der Waals surface area contributed by atoms with Crippen LogP contribution in [0.2, 0.25) is 0 Å². The van der Waals surface area contributed by atoms with Gasteiger partial charge in [0.15, 0.2) is 0 Å². The van der Waals surface area contributed by atoms with E-state index < -0.39 is 0 Å². The van der Waals surface area contributed by atoms with Crippen LogP contribution < -0.4 is 16.4 Å². The van der Waals surface area contributed by atoms with E-state index in [-0.39, 0.29) is 23.8 Å². The van der Waals surface area contributed by atoms with Crippen molar-refractivity contribution in [3.8, 4) is 0 Å². The van der Waals surface area contributed by atoms with Gasteiger partial charge in [-0.1, -0.05) is 24.3 Å². The largest absolute Gasteiger partial charge is 0.328 e. The summed E-state index contributed by atoms with van der Waals surface area (Å²) >= 11 is 0. The Morgan fingerprint density at radius 2 is 1.80 bits per heavy atom. The van der Waals surface area contributed by atoms with Crippen LogP contribution in [0.5, 0.6) is 0 Å². The highest BCUT2D eigenvalue weighted by molar-refractivity contribution is 6.05. The number of hydrogen-bond donors (Lipinski definition) is 3. The van der Waals surface area contributed by atoms with Crippen LogP contribution in [0.15, 0.2) is 48.5 Å². The van der Waals surface area contributed by atoms with E-state index >= 15 is 0 Å². The van der Waals surface area contributed by atoms with Crippen LogP contribution in [0.1, 0.15) is 35.2 Å². The summed E-state index contributed by atoms with van der Waals surface area (Å²) in [4.78, 5) is 24.8. The van der Waals surface area contributed by atoms with E-state index in [4.69, 9.17) is 5.73 Å². The van der Waals surface area contributed by atoms with Gasteiger partial charge in [0.1, 0.15) is 0 Å². The summed E-state index contributed by atoms with van der Waals surface area (Å²) in [6.07, 6.45) is 2.43. The first-order valence-corrected chi connectivity index (χ1v) is 8.56. The standard InChI is InChI=1S/C20H23N3O2/c1-13-7-8-15(19(24)22-17-5-3-2-4-6-17)12-18(13)23-20(25)14-9-10-16(21)11-14/h2-8,12,14,16H,9-11,21H2,1H3,(H,22,24)(H,23,25). The van der Waals surface area contributed by atoms with Gasteiger partial charge < -0.3 is 16.4 Å². The van der Waals surface area contributed by atoms with Gasteiger partial charge in [-0.25, -0.2) is 0 Å². The molecule has 2 amide bonds. The molecule has 130 valence electrons. The van der Waals surface area contributed by atoms with Crippen molar-refractivity contribution in [2.75, 3.05) is 10.6 Å². The number of carbonyl (C=O) groups excluding carboxylic acids is 2. The van der Waals surface area contributed by atoms with E-state index in [1.54, 1.807) is 12.1 Å². The highest BCUT2D eigenvalue weighted by Crippen LogP contribution is 2.26. The zero-order valence-corrected chi connectivity index (χ0v) is 14.3. The Morgan fingerprint density at radius 3 is 2.48 bits per heavy atom. The topological polar surface area (TPSA) is 84.2 Å². The fourth-order valence-electron chi connectivity index (χ4n) is 3.11. The number of anilines is 2. The molecule has 0 aromatic heterocycles. The van der Waals surface area contributed by atoms with E-state index in [2.05, 4.69) is 10.6 Å². The summed E-state index contributed by atoms with van der Waals surface area (Å²) in [6, 6.07) is 14.7. The smallest absolute Gasteiger partial charge is 0.255 e. The molecule has 2 aromatic rings. The van der Waals surface area contributed by atoms with Crippen molar-refractivity contribution in [2.24, 2.45) is 11.7 Å². The first kappa shape index (κ1) is 17.2. The lowest BCUT2D eigenvalue weighted by atomic mass is 10.1. The fourth-order valence-corrected chi connectivity index (χ4v) is 3.11. The molecule has 2 aromatic carbocycles. The number of carbonyl (C=O) groups is 2. The van der Waals surface area contributed by atoms with Crippen LogP contribution in [0.3, 0.4) is 0 Å². The molecule has 0 heterocycles. The molecule has 2 unspecified atom stereocenters. The summed E-state index contributed by atoms with van der Waals surface area (Å²) in [5.41, 5.74) is 8.73. The highest BCUT2D eigenvalue weighted by atomic mass is 16.2. The van der Waals surface area contributed by atoms with E-state index in [9.17, 15) is 9.59 Å². The van der Waals surface area contributed by atoms with Crippen molar-refractivity contribution < 1.29 is 9.59 Å². The molecule has 0 aliphatic heterocycles. The number of nitrogens with two attached hydrogens (primary N) is 1. The number of para-hydroxylation sites is 1. The first-order valence-electron chi connectivity index (χ1n) is 8.56. The van der Waals surface area contributed by atoms with Gasteiger partial charge in [-0.3, -0.25) is 9.59 Å². The second-order valence-corrected chi connectivity index (χ2v) is 6.61. The molecule has 2 atom stereocenters. The summed E-state index contributed by atoms with van der Waals surface area (Å²) in [5.74, 6) is -0.266. The minimum atomic E-state index is -0.204. The predicted molar refractivity (Wildman–Crippen MR) is 99.5 cm³/mol. The van der Waals surface area contributed by atoms with Gasteiger partial charge >= 0.3 is 0 Å². The Morgan fingerprint density at radius 1 is 1.04 bits per heavy atom. The molecule has 1 saturated carbocycles. The monoisotopic (exact) mass is 337 g/mol. The average molecular weight is 337 g/mol. The molecule has 0 saturated heterocycles. The minimum Gasteiger partial charge on any atom is -0.328 e. The SMILES string of the molecule is Cc1ccc(C(=O)Nc2ccccc2)cc1NC(=O)C1CCC(N)C1. The zero-order chi connectivity index (χ0) is 17.8. The van der Waals surface area contributed by atoms with Crippen LogP contribution in [-0.4, -0.2) is 17.9 Å². The number of amides is 2. The van der Waals surface area contributed by atoms with Gasteiger partial charge in [0, 0.05) is 28.9 Å². The lowest BCUT2D eigenvalue weighted by molar-refractivity contribution is -0.119. The molecule has 1 fully saturated rings. The number of rotatable bonds is 4. The highest BCUT2D eigenvalue weighted by Gasteiger charge is 2.28. The third-order valence-electron chi connectivity index (χ3n) is 4.63. The van der Waals surface area contributed by atoms with Crippen LogP contribution >= 0.6 is 0 Å². The number of aryl methyl sites for hydroxylation is 1. The molecule has 1 aliphatic rings. The number of hydrogen-bond acceptors (Lipinski definition) is 3. The lowest BCUT2D eigenvalue weighted by Gasteiger charge is -2.14. The Labute approximate surface area is 147 Å². The van der Waals surface area contributed by atoms with E-state index in [1.807, 2.05) is 43.3 Å². The average Bonchev–Trinajstić information content (AvgIpc) is 3.04. The molecule has 4 N–H and O–H groups in total. The van der Waals surface area contributed by atoms with Gasteiger partial charge in [-0.15, -0.1) is 0 Å². The molecule has 0 spiro atoms. The molecular weight excluding hydrogens is 314 g/mol. The van der Waals surface area contributed by atoms with Crippen LogP contribution in [0.25, 0.3) is 0 Å². The first-order chi connectivity index (χ1) is 12.0. The number of benzene rings is 2. The van der Waals surface area contributed by atoms with Gasteiger partial charge in [0.05, 0.1) is 0 Å². The number of nitrogens with one attached hydrogen (secondary N) is 2. The summed E-state index contributed by atoms with van der Waals surface area (Å²) in [7, 11) is 0. The maximum absolute atomic E-state index is 12.4. The summed E-state index contributed by atoms with van der Waals surface area (Å²) < 4.78 is 0. The summed E-state index contributed by atoms with van der Waals surface area (Å²) in [6.45, 7) is 1.91. The molecule has 0 bridgehead atoms. The Bertz CT molecular complexity index is 774. The van der Waals surface area contributed by atoms with E-state index in [1.165, 1.54) is 0 Å². The van der Waals surface area contributed by atoms with Gasteiger partial charge in [-0.05, 0) is 56.0 Å². The van der Waals surface area contributed by atoms with E-state index in [0.717, 1.165) is 30.5 Å². The Balaban J connectivity index is 1.71. The molecule has 1 aliphatic carbocycles. The molecule has 25 heavy (non-hydrogen) atoms. The Kier molecular flexibility index (Phi) is 5.14. The minimum absolute atomic E-state index is 0.0170. The van der Waals surface area contributed by atoms with Crippen molar-refractivity contribution in [3.63, 3.8) is 0 Å². The lowest BCUT2D eigenvalue weighted by Crippen LogP contribution is -2.23. The molecule has 0 radical (unpaired) electrons. The molecular formula is C20H23N3O2. The summed E-state index contributed by atoms with van der Waals surface area (Å²) in [5, 5.41) is 5.81. The van der Waals surface area contributed by atoms with Crippen molar-refractivity contribution in [2.45, 2.75) is 32.2 Å². The predicted octanol–water partition coefficient (Wildman–Crippen LogP) is 3.31. The molecule has 5 heteroatoms. The van der Waals surface area contributed by atoms with Crippen molar-refractivity contribution in [3.05, 3.63) is 59.7 Å². The zero-order valence-electron chi connectivity index (χ0n) is 14.3. The quantitative estimate of drug-likeness (QED) is 0.800. The van der Waals surface area contributed by atoms with Crippen LogP contribution in [-0.2, 0) is 4.79 Å². The van der Waals surface area contributed by atoms with Gasteiger partial charge in [-0.2, -0.15) is 0 Å². The second kappa shape index (κ2) is 7.49. The third-order valence-corrected chi connectivity index (χ3v) is 4.63. The molecule has 5 nitrogen and oxygen atoms in total. The van der Waals surface area contributed by atoms with Crippen molar-refractivity contribution >= 4 is 23.2 Å². The van der Waals surface area contributed by atoms with Crippen molar-refractivity contribution in [1.82, 2.24) is 0 Å². The normalized spacial score (nSPS) is 19.4.